The van der Waals surface area contributed by atoms with Gasteiger partial charge < -0.3 is 18.7 Å². The predicted molar refractivity (Wildman–Crippen MR) is 94.6 cm³/mol. The lowest BCUT2D eigenvalue weighted by Gasteiger charge is -2.48. The highest BCUT2D eigenvalue weighted by Crippen LogP contribution is 2.58. The minimum Gasteiger partial charge on any atom is -0.469 e. The van der Waals surface area contributed by atoms with Crippen LogP contribution in [0.15, 0.2) is 33.5 Å². The molecule has 0 bridgehead atoms. The topological polar surface area (TPSA) is 72.8 Å². The van der Waals surface area contributed by atoms with Crippen LogP contribution < -0.4 is 0 Å². The van der Waals surface area contributed by atoms with Crippen LogP contribution in [0.25, 0.3) is 0 Å². The molecule has 2 heterocycles. The molecule has 0 radical (unpaired) electrons. The first-order valence-electron chi connectivity index (χ1n) is 9.55. The summed E-state index contributed by atoms with van der Waals surface area (Å²) in [5.74, 6) is 1.33. The van der Waals surface area contributed by atoms with Gasteiger partial charge in [0.15, 0.2) is 0 Å². The number of hydrogen-bond donors (Lipinski definition) is 1. The molecule has 2 aliphatic carbocycles. The summed E-state index contributed by atoms with van der Waals surface area (Å²) >= 11 is 0. The van der Waals surface area contributed by atoms with E-state index in [1.54, 1.807) is 18.4 Å². The van der Waals surface area contributed by atoms with Crippen molar-refractivity contribution in [1.82, 2.24) is 0 Å². The van der Waals surface area contributed by atoms with E-state index in [0.29, 0.717) is 25.2 Å². The summed E-state index contributed by atoms with van der Waals surface area (Å²) in [6.45, 7) is 4.24. The standard InChI is InChI=1S/C21H26O5/c1-3-24-20(23)21(11-16(22)17-8-5-9-25-17)13(2)10-18-19-14(12-26-18)6-4-7-15(19)21/h5,8-9,12-13,15-16,22H,3-4,6-7,10-11H2,1-2H3/t13-,15+,16+,21-/m1/s1. The highest BCUT2D eigenvalue weighted by molar-refractivity contribution is 5.80. The monoisotopic (exact) mass is 358 g/mol. The molecule has 0 unspecified atom stereocenters. The van der Waals surface area contributed by atoms with Gasteiger partial charge in [0.05, 0.1) is 24.5 Å². The molecule has 140 valence electrons. The van der Waals surface area contributed by atoms with E-state index in [1.807, 2.05) is 13.2 Å². The molecule has 5 heteroatoms. The van der Waals surface area contributed by atoms with Gasteiger partial charge in [-0.15, -0.1) is 0 Å². The molecule has 0 fully saturated rings. The van der Waals surface area contributed by atoms with Crippen LogP contribution in [0.2, 0.25) is 0 Å². The Bertz CT molecular complexity index is 774. The third kappa shape index (κ3) is 2.52. The van der Waals surface area contributed by atoms with Crippen molar-refractivity contribution in [1.29, 1.82) is 0 Å². The second kappa shape index (κ2) is 6.62. The van der Waals surface area contributed by atoms with Crippen molar-refractivity contribution in [2.75, 3.05) is 6.61 Å². The average Bonchev–Trinajstić information content (AvgIpc) is 3.29. The number of furan rings is 2. The number of hydrogen-bond acceptors (Lipinski definition) is 5. The van der Waals surface area contributed by atoms with E-state index in [4.69, 9.17) is 13.6 Å². The summed E-state index contributed by atoms with van der Waals surface area (Å²) in [6.07, 6.45) is 6.47. The number of rotatable bonds is 5. The van der Waals surface area contributed by atoms with Gasteiger partial charge in [0.1, 0.15) is 17.6 Å². The first-order chi connectivity index (χ1) is 12.6. The van der Waals surface area contributed by atoms with Crippen molar-refractivity contribution in [3.05, 3.63) is 47.3 Å². The van der Waals surface area contributed by atoms with Crippen LogP contribution in [0.4, 0.5) is 0 Å². The van der Waals surface area contributed by atoms with E-state index in [-0.39, 0.29) is 17.8 Å². The van der Waals surface area contributed by atoms with Gasteiger partial charge >= 0.3 is 5.97 Å². The maximum absolute atomic E-state index is 13.3. The van der Waals surface area contributed by atoms with Crippen LogP contribution in [0.3, 0.4) is 0 Å². The second-order valence-corrected chi connectivity index (χ2v) is 7.64. The molecule has 4 atom stereocenters. The average molecular weight is 358 g/mol. The highest BCUT2D eigenvalue weighted by atomic mass is 16.5. The van der Waals surface area contributed by atoms with Crippen molar-refractivity contribution in [3.8, 4) is 0 Å². The molecule has 0 aliphatic heterocycles. The number of carbonyl (C=O) groups is 1. The van der Waals surface area contributed by atoms with E-state index < -0.39 is 11.5 Å². The molecule has 0 saturated carbocycles. The Labute approximate surface area is 153 Å². The molecule has 26 heavy (non-hydrogen) atoms. The third-order valence-electron chi connectivity index (χ3n) is 6.33. The second-order valence-electron chi connectivity index (χ2n) is 7.64. The fourth-order valence-electron chi connectivity index (χ4n) is 5.11. The van der Waals surface area contributed by atoms with Crippen LogP contribution in [-0.2, 0) is 22.4 Å². The van der Waals surface area contributed by atoms with Gasteiger partial charge in [0, 0.05) is 17.9 Å². The number of aliphatic hydroxyl groups is 1. The largest absolute Gasteiger partial charge is 0.469 e. The van der Waals surface area contributed by atoms with Gasteiger partial charge in [-0.25, -0.2) is 0 Å². The number of esters is 1. The van der Waals surface area contributed by atoms with Crippen LogP contribution in [0, 0.1) is 11.3 Å². The Kier molecular flexibility index (Phi) is 4.43. The third-order valence-corrected chi connectivity index (χ3v) is 6.33. The molecular formula is C21H26O5. The molecule has 0 aromatic carbocycles. The molecule has 0 saturated heterocycles. The summed E-state index contributed by atoms with van der Waals surface area (Å²) in [6, 6.07) is 3.51. The number of aryl methyl sites for hydroxylation is 1. The molecular weight excluding hydrogens is 332 g/mol. The van der Waals surface area contributed by atoms with Crippen molar-refractivity contribution < 1.29 is 23.5 Å². The van der Waals surface area contributed by atoms with Crippen LogP contribution in [0.1, 0.15) is 67.8 Å². The number of aliphatic hydroxyl groups excluding tert-OH is 1. The van der Waals surface area contributed by atoms with Crippen LogP contribution in [-0.4, -0.2) is 17.7 Å². The number of carbonyl (C=O) groups excluding carboxylic acids is 1. The molecule has 2 aromatic rings. The SMILES string of the molecule is CCOC(=O)[C@]1(C[C@H](O)c2ccco2)[C@H](C)Cc2occ3c2[C@@H]1CCC3. The Balaban J connectivity index is 1.79. The van der Waals surface area contributed by atoms with E-state index >= 15 is 0 Å². The molecule has 1 N–H and O–H groups in total. The van der Waals surface area contributed by atoms with Crippen molar-refractivity contribution in [2.45, 2.75) is 58.0 Å². The van der Waals surface area contributed by atoms with Gasteiger partial charge in [-0.1, -0.05) is 6.92 Å². The fourth-order valence-corrected chi connectivity index (χ4v) is 5.11. The van der Waals surface area contributed by atoms with Gasteiger partial charge in [-0.3, -0.25) is 4.79 Å². The van der Waals surface area contributed by atoms with Crippen LogP contribution in [0.5, 0.6) is 0 Å². The van der Waals surface area contributed by atoms with Crippen molar-refractivity contribution in [2.24, 2.45) is 11.3 Å². The lowest BCUT2D eigenvalue weighted by molar-refractivity contribution is -0.166. The Morgan fingerprint density at radius 2 is 2.31 bits per heavy atom. The molecule has 2 aromatic heterocycles. The molecule has 2 aliphatic rings. The number of ether oxygens (including phenoxy) is 1. The first-order valence-corrected chi connectivity index (χ1v) is 9.55. The highest BCUT2D eigenvalue weighted by Gasteiger charge is 2.57. The molecule has 0 spiro atoms. The Hall–Kier alpha value is -2.01. The van der Waals surface area contributed by atoms with E-state index in [9.17, 15) is 9.90 Å². The van der Waals surface area contributed by atoms with E-state index in [2.05, 4.69) is 6.92 Å². The minimum absolute atomic E-state index is 0.0146. The normalized spacial score (nSPS) is 28.4. The lowest BCUT2D eigenvalue weighted by atomic mass is 9.54. The fraction of sp³-hybridized carbons (Fsp3) is 0.571. The first kappa shape index (κ1) is 17.4. The molecule has 5 nitrogen and oxygen atoms in total. The Morgan fingerprint density at radius 3 is 3.04 bits per heavy atom. The summed E-state index contributed by atoms with van der Waals surface area (Å²) in [4.78, 5) is 13.3. The Morgan fingerprint density at radius 1 is 1.46 bits per heavy atom. The van der Waals surface area contributed by atoms with E-state index in [1.165, 1.54) is 11.1 Å². The van der Waals surface area contributed by atoms with E-state index in [0.717, 1.165) is 25.0 Å². The summed E-state index contributed by atoms with van der Waals surface area (Å²) in [5, 5.41) is 10.8. The van der Waals surface area contributed by atoms with Crippen molar-refractivity contribution >= 4 is 5.97 Å². The van der Waals surface area contributed by atoms with Crippen LogP contribution >= 0.6 is 0 Å². The van der Waals surface area contributed by atoms with Gasteiger partial charge in [0.25, 0.3) is 0 Å². The van der Waals surface area contributed by atoms with Crippen molar-refractivity contribution in [3.63, 3.8) is 0 Å². The molecule has 0 amide bonds. The smallest absolute Gasteiger partial charge is 0.313 e. The summed E-state index contributed by atoms with van der Waals surface area (Å²) in [7, 11) is 0. The minimum atomic E-state index is -0.837. The summed E-state index contributed by atoms with van der Waals surface area (Å²) in [5.41, 5.74) is 1.63. The zero-order valence-electron chi connectivity index (χ0n) is 15.4. The van der Waals surface area contributed by atoms with Gasteiger partial charge in [-0.05, 0) is 56.2 Å². The quantitative estimate of drug-likeness (QED) is 0.813. The summed E-state index contributed by atoms with van der Waals surface area (Å²) < 4.78 is 16.8. The zero-order chi connectivity index (χ0) is 18.3. The maximum atomic E-state index is 13.3. The van der Waals surface area contributed by atoms with Gasteiger partial charge in [0.2, 0.25) is 0 Å². The zero-order valence-corrected chi connectivity index (χ0v) is 15.4. The van der Waals surface area contributed by atoms with Gasteiger partial charge in [-0.2, -0.15) is 0 Å². The predicted octanol–water partition coefficient (Wildman–Crippen LogP) is 4.16. The lowest BCUT2D eigenvalue weighted by Crippen LogP contribution is -2.49. The maximum Gasteiger partial charge on any atom is 0.313 e. The molecule has 4 rings (SSSR count).